The Morgan fingerprint density at radius 3 is 2.47 bits per heavy atom. The van der Waals surface area contributed by atoms with Gasteiger partial charge in [-0.25, -0.2) is 4.79 Å². The van der Waals surface area contributed by atoms with Gasteiger partial charge in [0.05, 0.1) is 12.2 Å². The van der Waals surface area contributed by atoms with E-state index in [0.29, 0.717) is 12.2 Å². The minimum Gasteiger partial charge on any atom is -0.461 e. The first-order chi connectivity index (χ1) is 7.05. The number of carbonyl (C=O) groups excluding carboxylic acids is 1. The van der Waals surface area contributed by atoms with Crippen LogP contribution >= 0.6 is 15.9 Å². The van der Waals surface area contributed by atoms with Gasteiger partial charge in [0.1, 0.15) is 0 Å². The Labute approximate surface area is 98.8 Å². The first-order valence-corrected chi connectivity index (χ1v) is 5.95. The van der Waals surface area contributed by atoms with Gasteiger partial charge in [0, 0.05) is 10.7 Å². The maximum atomic E-state index is 11.6. The molecule has 0 aromatic heterocycles. The largest absolute Gasteiger partial charge is 0.461 e. The Hall–Kier alpha value is -0.830. The predicted octanol–water partition coefficient (Wildman–Crippen LogP) is 3.26. The van der Waals surface area contributed by atoms with Crippen molar-refractivity contribution >= 4 is 21.9 Å². The summed E-state index contributed by atoms with van der Waals surface area (Å²) in [5.41, 5.74) is 0.577. The lowest BCUT2D eigenvalue weighted by molar-refractivity contribution is 0.0374. The molecule has 0 spiro atoms. The zero-order chi connectivity index (χ0) is 11.3. The molecule has 0 aliphatic heterocycles. The number of halogens is 1. The Kier molecular flexibility index (Phi) is 4.33. The normalized spacial score (nSPS) is 11.1. The fourth-order valence-corrected chi connectivity index (χ4v) is 1.12. The molecule has 82 valence electrons. The Bertz CT molecular complexity index is 320. The van der Waals surface area contributed by atoms with E-state index in [9.17, 15) is 4.79 Å². The summed E-state index contributed by atoms with van der Waals surface area (Å²) in [5, 5.41) is 0.808. The molecule has 0 unspecified atom stereocenters. The summed E-state index contributed by atoms with van der Waals surface area (Å²) in [6.07, 6.45) is 0. The highest BCUT2D eigenvalue weighted by molar-refractivity contribution is 9.09. The van der Waals surface area contributed by atoms with Gasteiger partial charge in [0.25, 0.3) is 0 Å². The second-order valence-electron chi connectivity index (χ2n) is 4.24. The molecule has 0 bridgehead atoms. The highest BCUT2D eigenvalue weighted by Crippen LogP contribution is 2.18. The molecule has 0 aliphatic rings. The van der Waals surface area contributed by atoms with Gasteiger partial charge in [-0.3, -0.25) is 0 Å². The van der Waals surface area contributed by atoms with Crippen LogP contribution in [0, 0.1) is 5.41 Å². The smallest absolute Gasteiger partial charge is 0.338 e. The summed E-state index contributed by atoms with van der Waals surface area (Å²) in [7, 11) is 0. The lowest BCUT2D eigenvalue weighted by Crippen LogP contribution is -2.23. The molecule has 0 N–H and O–H groups in total. The summed E-state index contributed by atoms with van der Waals surface area (Å²) in [5.74, 6) is -0.260. The lowest BCUT2D eigenvalue weighted by atomic mass is 9.98. The monoisotopic (exact) mass is 270 g/mol. The molecular formula is C12H15BrO2. The van der Waals surface area contributed by atoms with E-state index >= 15 is 0 Å². The van der Waals surface area contributed by atoms with Crippen LogP contribution < -0.4 is 0 Å². The SMILES string of the molecule is CC(C)(CBr)COC(=O)c1ccccc1. The number of rotatable bonds is 4. The number of hydrogen-bond donors (Lipinski definition) is 0. The summed E-state index contributed by atoms with van der Waals surface area (Å²) < 4.78 is 5.21. The number of benzene rings is 1. The minimum atomic E-state index is -0.260. The molecule has 0 aliphatic carbocycles. The third kappa shape index (κ3) is 4.04. The molecule has 1 aromatic carbocycles. The van der Waals surface area contributed by atoms with Crippen molar-refractivity contribution < 1.29 is 9.53 Å². The average Bonchev–Trinajstić information content (AvgIpc) is 2.27. The van der Waals surface area contributed by atoms with E-state index in [1.54, 1.807) is 12.1 Å². The van der Waals surface area contributed by atoms with Crippen LogP contribution in [0.2, 0.25) is 0 Å². The van der Waals surface area contributed by atoms with Crippen LogP contribution in [-0.4, -0.2) is 17.9 Å². The van der Waals surface area contributed by atoms with Gasteiger partial charge in [-0.05, 0) is 12.1 Å². The van der Waals surface area contributed by atoms with Gasteiger partial charge in [0.2, 0.25) is 0 Å². The van der Waals surface area contributed by atoms with Gasteiger partial charge < -0.3 is 4.74 Å². The summed E-state index contributed by atoms with van der Waals surface area (Å²) in [6.45, 7) is 4.51. The van der Waals surface area contributed by atoms with Crippen LogP contribution in [0.25, 0.3) is 0 Å². The maximum Gasteiger partial charge on any atom is 0.338 e. The Morgan fingerprint density at radius 1 is 1.33 bits per heavy atom. The molecule has 0 saturated carbocycles. The fraction of sp³-hybridized carbons (Fsp3) is 0.417. The number of ether oxygens (including phenoxy) is 1. The van der Waals surface area contributed by atoms with Gasteiger partial charge in [-0.1, -0.05) is 48.0 Å². The molecule has 0 heterocycles. The van der Waals surface area contributed by atoms with Crippen LogP contribution in [0.5, 0.6) is 0 Å². The van der Waals surface area contributed by atoms with Crippen molar-refractivity contribution in [3.8, 4) is 0 Å². The van der Waals surface area contributed by atoms with E-state index < -0.39 is 0 Å². The number of esters is 1. The average molecular weight is 271 g/mol. The summed E-state index contributed by atoms with van der Waals surface area (Å²) >= 11 is 3.39. The Morgan fingerprint density at radius 2 is 1.93 bits per heavy atom. The van der Waals surface area contributed by atoms with Gasteiger partial charge in [-0.15, -0.1) is 0 Å². The van der Waals surface area contributed by atoms with Gasteiger partial charge in [-0.2, -0.15) is 0 Å². The predicted molar refractivity (Wildman–Crippen MR) is 64.3 cm³/mol. The van der Waals surface area contributed by atoms with Gasteiger partial charge in [0.15, 0.2) is 0 Å². The fourth-order valence-electron chi connectivity index (χ4n) is 0.957. The van der Waals surface area contributed by atoms with Gasteiger partial charge >= 0.3 is 5.97 Å². The molecule has 0 amide bonds. The summed E-state index contributed by atoms with van der Waals surface area (Å²) in [4.78, 5) is 11.6. The first kappa shape index (κ1) is 12.2. The highest BCUT2D eigenvalue weighted by atomic mass is 79.9. The zero-order valence-electron chi connectivity index (χ0n) is 9.00. The first-order valence-electron chi connectivity index (χ1n) is 4.83. The van der Waals surface area contributed by atoms with E-state index in [-0.39, 0.29) is 11.4 Å². The second kappa shape index (κ2) is 5.31. The molecule has 0 fully saturated rings. The van der Waals surface area contributed by atoms with Crippen molar-refractivity contribution in [1.29, 1.82) is 0 Å². The zero-order valence-corrected chi connectivity index (χ0v) is 10.6. The number of carbonyl (C=O) groups is 1. The highest BCUT2D eigenvalue weighted by Gasteiger charge is 2.19. The van der Waals surface area contributed by atoms with E-state index in [2.05, 4.69) is 15.9 Å². The summed E-state index contributed by atoms with van der Waals surface area (Å²) in [6, 6.07) is 9.03. The van der Waals surface area contributed by atoms with Crippen molar-refractivity contribution in [2.24, 2.45) is 5.41 Å². The lowest BCUT2D eigenvalue weighted by Gasteiger charge is -2.20. The van der Waals surface area contributed by atoms with Crippen LogP contribution in [0.1, 0.15) is 24.2 Å². The third-order valence-electron chi connectivity index (χ3n) is 1.97. The molecular weight excluding hydrogens is 256 g/mol. The number of alkyl halides is 1. The van der Waals surface area contributed by atoms with Crippen LogP contribution in [0.4, 0.5) is 0 Å². The van der Waals surface area contributed by atoms with Crippen molar-refractivity contribution in [2.75, 3.05) is 11.9 Å². The topological polar surface area (TPSA) is 26.3 Å². The van der Waals surface area contributed by atoms with Crippen LogP contribution in [-0.2, 0) is 4.74 Å². The quantitative estimate of drug-likeness (QED) is 0.620. The molecule has 1 aromatic rings. The third-order valence-corrected chi connectivity index (χ3v) is 3.48. The standard InChI is InChI=1S/C12H15BrO2/c1-12(2,8-13)9-15-11(14)10-6-4-3-5-7-10/h3-7H,8-9H2,1-2H3. The molecule has 3 heteroatoms. The molecule has 0 atom stereocenters. The molecule has 0 radical (unpaired) electrons. The number of hydrogen-bond acceptors (Lipinski definition) is 2. The van der Waals surface area contributed by atoms with Crippen molar-refractivity contribution in [1.82, 2.24) is 0 Å². The second-order valence-corrected chi connectivity index (χ2v) is 4.80. The molecule has 2 nitrogen and oxygen atoms in total. The van der Waals surface area contributed by atoms with E-state index in [4.69, 9.17) is 4.74 Å². The Balaban J connectivity index is 2.51. The molecule has 15 heavy (non-hydrogen) atoms. The minimum absolute atomic E-state index is 0.0234. The van der Waals surface area contributed by atoms with E-state index in [1.807, 2.05) is 32.0 Å². The van der Waals surface area contributed by atoms with Crippen molar-refractivity contribution in [3.05, 3.63) is 35.9 Å². The van der Waals surface area contributed by atoms with Crippen LogP contribution in [0.3, 0.4) is 0 Å². The molecule has 0 saturated heterocycles. The van der Waals surface area contributed by atoms with E-state index in [0.717, 1.165) is 5.33 Å². The van der Waals surface area contributed by atoms with Crippen LogP contribution in [0.15, 0.2) is 30.3 Å². The molecule has 1 rings (SSSR count). The van der Waals surface area contributed by atoms with Crippen molar-refractivity contribution in [3.63, 3.8) is 0 Å². The maximum absolute atomic E-state index is 11.6. The van der Waals surface area contributed by atoms with Crippen molar-refractivity contribution in [2.45, 2.75) is 13.8 Å². The van der Waals surface area contributed by atoms with E-state index in [1.165, 1.54) is 0 Å².